The fourth-order valence-electron chi connectivity index (χ4n) is 3.35. The fraction of sp³-hybridized carbons (Fsp3) is 0.409. The van der Waals surface area contributed by atoms with Crippen molar-refractivity contribution in [2.24, 2.45) is 10.7 Å². The lowest BCUT2D eigenvalue weighted by Crippen LogP contribution is -2.40. The molecule has 152 valence electrons. The number of halogens is 1. The number of ether oxygens (including phenoxy) is 1. The quantitative estimate of drug-likeness (QED) is 0.362. The Kier molecular flexibility index (Phi) is 9.21. The van der Waals surface area contributed by atoms with Crippen LogP contribution in [0, 0.1) is 0 Å². The van der Waals surface area contributed by atoms with Gasteiger partial charge in [0.15, 0.2) is 5.96 Å². The standard InChI is InChI=1S/C22H30N4O.HI/c1-3-18-6-5-9-21(13-18)25-22(23)24-14-19-7-4-8-20(12-19)16-26-10-11-27-17(2)15-26;/h4-9,12-13,17H,3,10-11,14-16H2,1-2H3,(H3,23,24,25);1H. The average molecular weight is 494 g/mol. The molecule has 2 aromatic rings. The van der Waals surface area contributed by atoms with E-state index in [-0.39, 0.29) is 24.0 Å². The Labute approximate surface area is 185 Å². The molecular formula is C22H31IN4O. The molecule has 1 atom stereocenters. The van der Waals surface area contributed by atoms with Crippen LogP contribution in [0.25, 0.3) is 0 Å². The number of anilines is 1. The Morgan fingerprint density at radius 1 is 1.18 bits per heavy atom. The van der Waals surface area contributed by atoms with Crippen LogP contribution in [0.2, 0.25) is 0 Å². The molecule has 0 saturated carbocycles. The smallest absolute Gasteiger partial charge is 0.193 e. The molecule has 0 amide bonds. The molecule has 0 bridgehead atoms. The molecule has 1 fully saturated rings. The first-order chi connectivity index (χ1) is 13.1. The van der Waals surface area contributed by atoms with E-state index in [9.17, 15) is 0 Å². The zero-order valence-corrected chi connectivity index (χ0v) is 19.1. The van der Waals surface area contributed by atoms with Crippen molar-refractivity contribution in [3.8, 4) is 0 Å². The minimum atomic E-state index is 0. The average Bonchev–Trinajstić information content (AvgIpc) is 2.67. The van der Waals surface area contributed by atoms with Gasteiger partial charge in [-0.2, -0.15) is 0 Å². The van der Waals surface area contributed by atoms with Crippen LogP contribution in [-0.4, -0.2) is 36.7 Å². The SMILES string of the molecule is CCc1cccc(NC(N)=NCc2cccc(CN3CCOC(C)C3)c2)c1.I. The third-order valence-electron chi connectivity index (χ3n) is 4.76. The second kappa shape index (κ2) is 11.4. The Hall–Kier alpha value is -1.64. The molecule has 1 unspecified atom stereocenters. The van der Waals surface area contributed by atoms with Gasteiger partial charge in [0.1, 0.15) is 0 Å². The maximum atomic E-state index is 6.06. The van der Waals surface area contributed by atoms with Crippen molar-refractivity contribution in [2.75, 3.05) is 25.0 Å². The summed E-state index contributed by atoms with van der Waals surface area (Å²) in [7, 11) is 0. The van der Waals surface area contributed by atoms with Gasteiger partial charge in [-0.15, -0.1) is 24.0 Å². The predicted octanol–water partition coefficient (Wildman–Crippen LogP) is 4.01. The van der Waals surface area contributed by atoms with E-state index >= 15 is 0 Å². The summed E-state index contributed by atoms with van der Waals surface area (Å²) >= 11 is 0. The zero-order valence-electron chi connectivity index (χ0n) is 16.7. The molecule has 2 aromatic carbocycles. The molecule has 3 rings (SSSR count). The highest BCUT2D eigenvalue weighted by molar-refractivity contribution is 14.0. The van der Waals surface area contributed by atoms with Crippen molar-refractivity contribution in [2.45, 2.75) is 39.5 Å². The van der Waals surface area contributed by atoms with Crippen molar-refractivity contribution in [3.05, 3.63) is 65.2 Å². The first-order valence-corrected chi connectivity index (χ1v) is 9.70. The molecule has 0 spiro atoms. The highest BCUT2D eigenvalue weighted by atomic mass is 127. The van der Waals surface area contributed by atoms with Crippen LogP contribution in [0.4, 0.5) is 5.69 Å². The van der Waals surface area contributed by atoms with Crippen LogP contribution in [0.15, 0.2) is 53.5 Å². The maximum Gasteiger partial charge on any atom is 0.193 e. The van der Waals surface area contributed by atoms with Gasteiger partial charge in [-0.1, -0.05) is 43.3 Å². The molecule has 0 radical (unpaired) electrons. The summed E-state index contributed by atoms with van der Waals surface area (Å²) in [5, 5.41) is 3.18. The maximum absolute atomic E-state index is 6.06. The molecule has 1 saturated heterocycles. The minimum absolute atomic E-state index is 0. The van der Waals surface area contributed by atoms with Crippen molar-refractivity contribution in [1.29, 1.82) is 0 Å². The predicted molar refractivity (Wildman–Crippen MR) is 127 cm³/mol. The van der Waals surface area contributed by atoms with Gasteiger partial charge in [0.2, 0.25) is 0 Å². The molecule has 28 heavy (non-hydrogen) atoms. The van der Waals surface area contributed by atoms with Crippen LogP contribution in [-0.2, 0) is 24.2 Å². The van der Waals surface area contributed by atoms with E-state index in [1.165, 1.54) is 16.7 Å². The molecule has 0 aliphatic carbocycles. The third kappa shape index (κ3) is 7.07. The van der Waals surface area contributed by atoms with E-state index in [1.54, 1.807) is 0 Å². The van der Waals surface area contributed by atoms with Crippen LogP contribution < -0.4 is 11.1 Å². The number of morpholine rings is 1. The molecule has 0 aromatic heterocycles. The van der Waals surface area contributed by atoms with E-state index in [4.69, 9.17) is 10.5 Å². The number of nitrogens with one attached hydrogen (secondary N) is 1. The molecule has 3 N–H and O–H groups in total. The lowest BCUT2D eigenvalue weighted by atomic mass is 10.1. The highest BCUT2D eigenvalue weighted by Gasteiger charge is 2.16. The largest absolute Gasteiger partial charge is 0.376 e. The molecule has 5 nitrogen and oxygen atoms in total. The van der Waals surface area contributed by atoms with E-state index < -0.39 is 0 Å². The third-order valence-corrected chi connectivity index (χ3v) is 4.76. The summed E-state index contributed by atoms with van der Waals surface area (Å²) in [6.07, 6.45) is 1.31. The van der Waals surface area contributed by atoms with Crippen molar-refractivity contribution in [1.82, 2.24) is 4.90 Å². The van der Waals surface area contributed by atoms with E-state index in [2.05, 4.69) is 65.5 Å². The normalized spacial score (nSPS) is 17.8. The second-order valence-corrected chi connectivity index (χ2v) is 7.12. The number of hydrogen-bond donors (Lipinski definition) is 2. The molecule has 1 heterocycles. The molecule has 1 aliphatic heterocycles. The van der Waals surface area contributed by atoms with Crippen molar-refractivity contribution in [3.63, 3.8) is 0 Å². The van der Waals surface area contributed by atoms with Crippen LogP contribution in [0.1, 0.15) is 30.5 Å². The van der Waals surface area contributed by atoms with Crippen LogP contribution in [0.3, 0.4) is 0 Å². The summed E-state index contributed by atoms with van der Waals surface area (Å²) in [4.78, 5) is 6.93. The van der Waals surface area contributed by atoms with E-state index in [1.807, 2.05) is 12.1 Å². The minimum Gasteiger partial charge on any atom is -0.376 e. The molecular weight excluding hydrogens is 463 g/mol. The Bertz CT molecular complexity index is 781. The zero-order chi connectivity index (χ0) is 19.1. The number of benzene rings is 2. The van der Waals surface area contributed by atoms with Gasteiger partial charge >= 0.3 is 0 Å². The second-order valence-electron chi connectivity index (χ2n) is 7.12. The Balaban J connectivity index is 0.00000280. The molecule has 1 aliphatic rings. The number of rotatable bonds is 6. The number of aliphatic imine (C=N–C) groups is 1. The lowest BCUT2D eigenvalue weighted by molar-refractivity contribution is -0.0212. The van der Waals surface area contributed by atoms with Gasteiger partial charge < -0.3 is 15.8 Å². The van der Waals surface area contributed by atoms with Crippen molar-refractivity contribution >= 4 is 35.6 Å². The van der Waals surface area contributed by atoms with Crippen LogP contribution in [0.5, 0.6) is 0 Å². The molecule has 6 heteroatoms. The number of hydrogen-bond acceptors (Lipinski definition) is 3. The summed E-state index contributed by atoms with van der Waals surface area (Å²) in [6, 6.07) is 16.8. The summed E-state index contributed by atoms with van der Waals surface area (Å²) in [6.45, 7) is 8.57. The monoisotopic (exact) mass is 494 g/mol. The summed E-state index contributed by atoms with van der Waals surface area (Å²) in [5.41, 5.74) is 10.8. The number of aryl methyl sites for hydroxylation is 1. The first kappa shape index (κ1) is 22.6. The van der Waals surface area contributed by atoms with Gasteiger partial charge in [0, 0.05) is 25.3 Å². The van der Waals surface area contributed by atoms with E-state index in [0.29, 0.717) is 18.6 Å². The summed E-state index contributed by atoms with van der Waals surface area (Å²) < 4.78 is 5.62. The van der Waals surface area contributed by atoms with E-state index in [0.717, 1.165) is 38.3 Å². The summed E-state index contributed by atoms with van der Waals surface area (Å²) in [5.74, 6) is 0.440. The highest BCUT2D eigenvalue weighted by Crippen LogP contribution is 2.13. The van der Waals surface area contributed by atoms with Crippen LogP contribution >= 0.6 is 24.0 Å². The number of guanidine groups is 1. The number of nitrogens with zero attached hydrogens (tertiary/aromatic N) is 2. The fourth-order valence-corrected chi connectivity index (χ4v) is 3.35. The van der Waals surface area contributed by atoms with Gasteiger partial charge in [0.05, 0.1) is 19.3 Å². The Morgan fingerprint density at radius 3 is 2.71 bits per heavy atom. The topological polar surface area (TPSA) is 62.9 Å². The van der Waals surface area contributed by atoms with Gasteiger partial charge in [-0.25, -0.2) is 4.99 Å². The van der Waals surface area contributed by atoms with Gasteiger partial charge in [0.25, 0.3) is 0 Å². The van der Waals surface area contributed by atoms with Gasteiger partial charge in [-0.3, -0.25) is 4.90 Å². The lowest BCUT2D eigenvalue weighted by Gasteiger charge is -2.31. The number of nitrogens with two attached hydrogens (primary N) is 1. The van der Waals surface area contributed by atoms with Gasteiger partial charge in [-0.05, 0) is 42.2 Å². The van der Waals surface area contributed by atoms with Crippen molar-refractivity contribution < 1.29 is 4.74 Å². The Morgan fingerprint density at radius 2 is 1.93 bits per heavy atom. The first-order valence-electron chi connectivity index (χ1n) is 9.70.